The van der Waals surface area contributed by atoms with Crippen LogP contribution in [0, 0.1) is 5.82 Å². The maximum Gasteiger partial charge on any atom is 0.124 e. The van der Waals surface area contributed by atoms with Gasteiger partial charge in [-0.15, -0.1) is 0 Å². The highest BCUT2D eigenvalue weighted by molar-refractivity contribution is 5.74. The Morgan fingerprint density at radius 3 is 2.50 bits per heavy atom. The lowest BCUT2D eigenvalue weighted by Crippen LogP contribution is -1.85. The van der Waals surface area contributed by atoms with E-state index in [1.165, 1.54) is 30.3 Å². The average Bonchev–Trinajstić information content (AvgIpc) is 2.31. The Bertz CT molecular complexity index is 491. The van der Waals surface area contributed by atoms with Gasteiger partial charge < -0.3 is 5.11 Å². The SMILES string of the molecule is O/C(=C\c1ccccn1)c1ccc(F)cc1. The molecule has 16 heavy (non-hydrogen) atoms. The van der Waals surface area contributed by atoms with Gasteiger partial charge >= 0.3 is 0 Å². The van der Waals surface area contributed by atoms with Crippen LogP contribution in [0.4, 0.5) is 4.39 Å². The Morgan fingerprint density at radius 2 is 1.88 bits per heavy atom. The van der Waals surface area contributed by atoms with Gasteiger partial charge in [-0.3, -0.25) is 4.98 Å². The van der Waals surface area contributed by atoms with Crippen molar-refractivity contribution in [2.75, 3.05) is 0 Å². The predicted octanol–water partition coefficient (Wildman–Crippen LogP) is 3.28. The molecule has 0 aliphatic rings. The summed E-state index contributed by atoms with van der Waals surface area (Å²) in [7, 11) is 0. The zero-order valence-corrected chi connectivity index (χ0v) is 8.47. The van der Waals surface area contributed by atoms with Crippen molar-refractivity contribution in [3.05, 3.63) is 65.7 Å². The molecule has 0 aliphatic carbocycles. The largest absolute Gasteiger partial charge is 0.507 e. The Kier molecular flexibility index (Phi) is 2.96. The molecule has 0 unspecified atom stereocenters. The number of pyridine rings is 1. The summed E-state index contributed by atoms with van der Waals surface area (Å²) in [6, 6.07) is 11.0. The highest BCUT2D eigenvalue weighted by Crippen LogP contribution is 2.14. The first-order chi connectivity index (χ1) is 7.75. The van der Waals surface area contributed by atoms with Crippen LogP contribution in [0.15, 0.2) is 48.7 Å². The molecule has 1 N–H and O–H groups in total. The minimum atomic E-state index is -0.325. The van der Waals surface area contributed by atoms with Crippen LogP contribution >= 0.6 is 0 Å². The molecule has 0 amide bonds. The number of hydrogen-bond donors (Lipinski definition) is 1. The van der Waals surface area contributed by atoms with Crippen LogP contribution in [-0.4, -0.2) is 10.1 Å². The summed E-state index contributed by atoms with van der Waals surface area (Å²) in [6.07, 6.45) is 3.18. The highest BCUT2D eigenvalue weighted by atomic mass is 19.1. The summed E-state index contributed by atoms with van der Waals surface area (Å²) >= 11 is 0. The molecule has 0 saturated carbocycles. The average molecular weight is 215 g/mol. The van der Waals surface area contributed by atoms with Crippen molar-refractivity contribution in [3.8, 4) is 0 Å². The summed E-state index contributed by atoms with van der Waals surface area (Å²) in [6.45, 7) is 0. The molecule has 0 atom stereocenters. The first-order valence-corrected chi connectivity index (χ1v) is 4.83. The van der Waals surface area contributed by atoms with E-state index in [0.717, 1.165) is 0 Å². The monoisotopic (exact) mass is 215 g/mol. The van der Waals surface area contributed by atoms with Crippen LogP contribution in [0.1, 0.15) is 11.3 Å². The van der Waals surface area contributed by atoms with Gasteiger partial charge in [0.25, 0.3) is 0 Å². The molecule has 0 spiro atoms. The van der Waals surface area contributed by atoms with Crippen LogP contribution in [-0.2, 0) is 0 Å². The van der Waals surface area contributed by atoms with Gasteiger partial charge in [0.1, 0.15) is 11.6 Å². The summed E-state index contributed by atoms with van der Waals surface area (Å²) in [4.78, 5) is 4.05. The Balaban J connectivity index is 2.28. The molecule has 0 saturated heterocycles. The number of aliphatic hydroxyl groups excluding tert-OH is 1. The van der Waals surface area contributed by atoms with Crippen LogP contribution in [0.5, 0.6) is 0 Å². The molecule has 1 heterocycles. The molecule has 0 aliphatic heterocycles. The molecule has 2 nitrogen and oxygen atoms in total. The fraction of sp³-hybridized carbons (Fsp3) is 0. The zero-order chi connectivity index (χ0) is 11.4. The normalized spacial score (nSPS) is 11.4. The van der Waals surface area contributed by atoms with Crippen molar-refractivity contribution in [1.82, 2.24) is 4.98 Å². The van der Waals surface area contributed by atoms with E-state index < -0.39 is 0 Å². The van der Waals surface area contributed by atoms with Crippen molar-refractivity contribution in [1.29, 1.82) is 0 Å². The molecule has 1 aromatic heterocycles. The second-order valence-electron chi connectivity index (χ2n) is 3.29. The van der Waals surface area contributed by atoms with Crippen molar-refractivity contribution >= 4 is 11.8 Å². The molecule has 2 aromatic rings. The first kappa shape index (κ1) is 10.4. The van der Waals surface area contributed by atoms with Gasteiger partial charge in [-0.2, -0.15) is 0 Å². The predicted molar refractivity (Wildman–Crippen MR) is 61.1 cm³/mol. The zero-order valence-electron chi connectivity index (χ0n) is 8.47. The number of rotatable bonds is 2. The minimum absolute atomic E-state index is 0.0682. The fourth-order valence-corrected chi connectivity index (χ4v) is 1.31. The van der Waals surface area contributed by atoms with Crippen LogP contribution in [0.3, 0.4) is 0 Å². The lowest BCUT2D eigenvalue weighted by Gasteiger charge is -1.99. The lowest BCUT2D eigenvalue weighted by atomic mass is 10.1. The number of halogens is 1. The molecular formula is C13H10FNO. The summed E-state index contributed by atoms with van der Waals surface area (Å²) in [5.74, 6) is -0.256. The number of aromatic nitrogens is 1. The molecule has 2 rings (SSSR count). The van der Waals surface area contributed by atoms with Crippen LogP contribution < -0.4 is 0 Å². The smallest absolute Gasteiger partial charge is 0.124 e. The van der Waals surface area contributed by atoms with Gasteiger partial charge in [-0.25, -0.2) is 4.39 Å². The summed E-state index contributed by atoms with van der Waals surface area (Å²) < 4.78 is 12.7. The van der Waals surface area contributed by atoms with Crippen molar-refractivity contribution < 1.29 is 9.50 Å². The van der Waals surface area contributed by atoms with E-state index >= 15 is 0 Å². The van der Waals surface area contributed by atoms with Gasteiger partial charge in [0, 0.05) is 17.8 Å². The molecule has 0 radical (unpaired) electrons. The van der Waals surface area contributed by atoms with E-state index in [-0.39, 0.29) is 11.6 Å². The third-order valence-corrected chi connectivity index (χ3v) is 2.11. The molecular weight excluding hydrogens is 205 g/mol. The number of aliphatic hydroxyl groups is 1. The van der Waals surface area contributed by atoms with Crippen LogP contribution in [0.2, 0.25) is 0 Å². The standard InChI is InChI=1S/C13H10FNO/c14-11-6-4-10(5-7-11)13(16)9-12-3-1-2-8-15-12/h1-9,16H/b13-9-. The number of hydrogen-bond acceptors (Lipinski definition) is 2. The van der Waals surface area contributed by atoms with Gasteiger partial charge in [-0.1, -0.05) is 6.07 Å². The van der Waals surface area contributed by atoms with Gasteiger partial charge in [-0.05, 0) is 36.4 Å². The maximum absolute atomic E-state index is 12.7. The van der Waals surface area contributed by atoms with Gasteiger partial charge in [0.2, 0.25) is 0 Å². The van der Waals surface area contributed by atoms with Crippen molar-refractivity contribution in [2.45, 2.75) is 0 Å². The number of nitrogens with zero attached hydrogens (tertiary/aromatic N) is 1. The fourth-order valence-electron chi connectivity index (χ4n) is 1.31. The molecule has 0 fully saturated rings. The van der Waals surface area contributed by atoms with E-state index in [2.05, 4.69) is 4.98 Å². The number of benzene rings is 1. The summed E-state index contributed by atoms with van der Waals surface area (Å²) in [5.41, 5.74) is 1.22. The van der Waals surface area contributed by atoms with E-state index in [9.17, 15) is 9.50 Å². The highest BCUT2D eigenvalue weighted by Gasteiger charge is 1.99. The topological polar surface area (TPSA) is 33.1 Å². The van der Waals surface area contributed by atoms with E-state index in [4.69, 9.17) is 0 Å². The lowest BCUT2D eigenvalue weighted by molar-refractivity contribution is 0.515. The Labute approximate surface area is 92.7 Å². The molecule has 80 valence electrons. The van der Waals surface area contributed by atoms with Crippen molar-refractivity contribution in [2.24, 2.45) is 0 Å². The van der Waals surface area contributed by atoms with E-state index in [0.29, 0.717) is 11.3 Å². The van der Waals surface area contributed by atoms with Crippen molar-refractivity contribution in [3.63, 3.8) is 0 Å². The Morgan fingerprint density at radius 1 is 1.12 bits per heavy atom. The third-order valence-electron chi connectivity index (χ3n) is 2.11. The molecule has 3 heteroatoms. The quantitative estimate of drug-likeness (QED) is 0.780. The molecule has 1 aromatic carbocycles. The second kappa shape index (κ2) is 4.57. The third kappa shape index (κ3) is 2.45. The Hall–Kier alpha value is -2.16. The van der Waals surface area contributed by atoms with E-state index in [1.807, 2.05) is 6.07 Å². The van der Waals surface area contributed by atoms with Gasteiger partial charge in [0.05, 0.1) is 5.69 Å². The van der Waals surface area contributed by atoms with Crippen LogP contribution in [0.25, 0.3) is 11.8 Å². The van der Waals surface area contributed by atoms with Gasteiger partial charge in [0.15, 0.2) is 0 Å². The minimum Gasteiger partial charge on any atom is -0.507 e. The molecule has 0 bridgehead atoms. The summed E-state index contributed by atoms with van der Waals surface area (Å²) in [5, 5.41) is 9.76. The van der Waals surface area contributed by atoms with E-state index in [1.54, 1.807) is 18.3 Å². The first-order valence-electron chi connectivity index (χ1n) is 4.83. The second-order valence-corrected chi connectivity index (χ2v) is 3.29. The maximum atomic E-state index is 12.7.